The highest BCUT2D eigenvalue weighted by atomic mass is 16.5. The molecule has 0 unspecified atom stereocenters. The van der Waals surface area contributed by atoms with Crippen molar-refractivity contribution < 1.29 is 14.6 Å². The van der Waals surface area contributed by atoms with E-state index >= 15 is 0 Å². The Hall–Kier alpha value is -1.38. The Labute approximate surface area is 110 Å². The van der Waals surface area contributed by atoms with E-state index in [1.54, 1.807) is 6.07 Å². The van der Waals surface area contributed by atoms with E-state index < -0.39 is 0 Å². The summed E-state index contributed by atoms with van der Waals surface area (Å²) < 4.78 is 11.4. The first kappa shape index (κ1) is 14.7. The quantitative estimate of drug-likeness (QED) is 0.762. The van der Waals surface area contributed by atoms with Crippen LogP contribution in [0.25, 0.3) is 0 Å². The van der Waals surface area contributed by atoms with Crippen LogP contribution in [0.2, 0.25) is 0 Å². The van der Waals surface area contributed by atoms with Gasteiger partial charge in [-0.3, -0.25) is 0 Å². The Kier molecular flexibility index (Phi) is 6.40. The van der Waals surface area contributed by atoms with Crippen LogP contribution in [0.15, 0.2) is 12.1 Å². The predicted molar refractivity (Wildman–Crippen MR) is 73.7 cm³/mol. The van der Waals surface area contributed by atoms with E-state index in [1.807, 2.05) is 13.0 Å². The monoisotopic (exact) mass is 252 g/mol. The minimum absolute atomic E-state index is 0.161. The van der Waals surface area contributed by atoms with Crippen LogP contribution in [-0.4, -0.2) is 18.3 Å². The highest BCUT2D eigenvalue weighted by Gasteiger charge is 2.15. The molecule has 0 amide bonds. The van der Waals surface area contributed by atoms with Crippen LogP contribution in [0.5, 0.6) is 17.2 Å². The Morgan fingerprint density at radius 1 is 0.889 bits per heavy atom. The van der Waals surface area contributed by atoms with Crippen molar-refractivity contribution in [3.63, 3.8) is 0 Å². The second-order valence-electron chi connectivity index (χ2n) is 4.35. The number of rotatable bonds is 8. The highest BCUT2D eigenvalue weighted by molar-refractivity contribution is 5.55. The molecule has 0 aliphatic carbocycles. The van der Waals surface area contributed by atoms with Crippen molar-refractivity contribution in [3.05, 3.63) is 17.7 Å². The molecule has 0 spiro atoms. The number of aryl methyl sites for hydroxylation is 1. The maximum Gasteiger partial charge on any atom is 0.203 e. The van der Waals surface area contributed by atoms with Crippen molar-refractivity contribution in [2.24, 2.45) is 0 Å². The largest absolute Gasteiger partial charge is 0.504 e. The molecular formula is C15H24O3. The Bertz CT molecular complexity index is 361. The van der Waals surface area contributed by atoms with Gasteiger partial charge in [0.1, 0.15) is 0 Å². The molecule has 0 radical (unpaired) electrons. The first-order chi connectivity index (χ1) is 8.74. The Morgan fingerprint density at radius 3 is 2.06 bits per heavy atom. The summed E-state index contributed by atoms with van der Waals surface area (Å²) >= 11 is 0. The lowest BCUT2D eigenvalue weighted by atomic mass is 10.1. The van der Waals surface area contributed by atoms with E-state index in [1.165, 1.54) is 0 Å². The van der Waals surface area contributed by atoms with Gasteiger partial charge < -0.3 is 14.6 Å². The normalized spacial score (nSPS) is 10.4. The van der Waals surface area contributed by atoms with Gasteiger partial charge in [0.25, 0.3) is 0 Å². The molecule has 0 aromatic heterocycles. The summed E-state index contributed by atoms with van der Waals surface area (Å²) in [4.78, 5) is 0. The zero-order valence-electron chi connectivity index (χ0n) is 11.7. The van der Waals surface area contributed by atoms with Crippen LogP contribution >= 0.6 is 0 Å². The molecule has 3 heteroatoms. The number of ether oxygens (including phenoxy) is 2. The summed E-state index contributed by atoms with van der Waals surface area (Å²) in [6.45, 7) is 7.46. The third-order valence-electron chi connectivity index (χ3n) is 2.59. The van der Waals surface area contributed by atoms with Crippen molar-refractivity contribution in [1.29, 1.82) is 0 Å². The first-order valence-electron chi connectivity index (χ1n) is 6.84. The molecule has 1 aromatic carbocycles. The molecule has 0 saturated heterocycles. The van der Waals surface area contributed by atoms with Crippen molar-refractivity contribution in [2.45, 2.75) is 46.5 Å². The molecule has 0 saturated carbocycles. The van der Waals surface area contributed by atoms with E-state index in [0.29, 0.717) is 24.7 Å². The van der Waals surface area contributed by atoms with Gasteiger partial charge in [-0.1, -0.05) is 33.3 Å². The lowest BCUT2D eigenvalue weighted by Gasteiger charge is -2.17. The average Bonchev–Trinajstić information content (AvgIpc) is 2.38. The van der Waals surface area contributed by atoms with Gasteiger partial charge in [-0.05, 0) is 30.9 Å². The predicted octanol–water partition coefficient (Wildman–Crippen LogP) is 3.92. The van der Waals surface area contributed by atoms with Gasteiger partial charge in [0, 0.05) is 0 Å². The average molecular weight is 252 g/mol. The molecule has 1 aromatic rings. The number of aromatic hydroxyl groups is 1. The third-order valence-corrected chi connectivity index (χ3v) is 2.59. The van der Waals surface area contributed by atoms with Crippen LogP contribution in [0, 0.1) is 0 Å². The number of phenolic OH excluding ortho intramolecular Hbond substituents is 1. The number of hydrogen-bond donors (Lipinski definition) is 1. The van der Waals surface area contributed by atoms with Gasteiger partial charge in [0.2, 0.25) is 5.75 Å². The molecule has 1 rings (SSSR count). The molecule has 1 N–H and O–H groups in total. The second kappa shape index (κ2) is 7.85. The van der Waals surface area contributed by atoms with Gasteiger partial charge in [-0.25, -0.2) is 0 Å². The fourth-order valence-electron chi connectivity index (χ4n) is 1.77. The smallest absolute Gasteiger partial charge is 0.203 e. The maximum absolute atomic E-state index is 9.90. The van der Waals surface area contributed by atoms with E-state index in [0.717, 1.165) is 31.2 Å². The number of hydrogen-bond acceptors (Lipinski definition) is 3. The van der Waals surface area contributed by atoms with Crippen LogP contribution in [0.1, 0.15) is 45.6 Å². The molecule has 0 fully saturated rings. The first-order valence-corrected chi connectivity index (χ1v) is 6.84. The van der Waals surface area contributed by atoms with Crippen molar-refractivity contribution in [2.75, 3.05) is 13.2 Å². The summed E-state index contributed by atoms with van der Waals surface area (Å²) in [5.74, 6) is 1.37. The fraction of sp³-hybridized carbons (Fsp3) is 0.600. The lowest BCUT2D eigenvalue weighted by Crippen LogP contribution is -2.04. The molecule has 3 nitrogen and oxygen atoms in total. The highest BCUT2D eigenvalue weighted by Crippen LogP contribution is 2.40. The van der Waals surface area contributed by atoms with Gasteiger partial charge in [-0.15, -0.1) is 0 Å². The molecule has 0 heterocycles. The van der Waals surface area contributed by atoms with Crippen LogP contribution in [-0.2, 0) is 6.42 Å². The molecule has 0 atom stereocenters. The molecule has 0 aliphatic heterocycles. The van der Waals surface area contributed by atoms with E-state index in [-0.39, 0.29) is 5.75 Å². The minimum Gasteiger partial charge on any atom is -0.504 e. The summed E-state index contributed by atoms with van der Waals surface area (Å²) in [5, 5.41) is 9.90. The maximum atomic E-state index is 9.90. The minimum atomic E-state index is 0.161. The van der Waals surface area contributed by atoms with Gasteiger partial charge >= 0.3 is 0 Å². The summed E-state index contributed by atoms with van der Waals surface area (Å²) in [7, 11) is 0. The van der Waals surface area contributed by atoms with Crippen LogP contribution in [0.3, 0.4) is 0 Å². The fourth-order valence-corrected chi connectivity index (χ4v) is 1.77. The molecular weight excluding hydrogens is 228 g/mol. The van der Waals surface area contributed by atoms with E-state index in [2.05, 4.69) is 13.8 Å². The summed E-state index contributed by atoms with van der Waals surface area (Å²) in [6.07, 6.45) is 3.82. The van der Waals surface area contributed by atoms with Crippen molar-refractivity contribution in [1.82, 2.24) is 0 Å². The molecule has 102 valence electrons. The number of phenols is 1. The van der Waals surface area contributed by atoms with Crippen molar-refractivity contribution in [3.8, 4) is 17.2 Å². The zero-order chi connectivity index (χ0) is 13.4. The lowest BCUT2D eigenvalue weighted by molar-refractivity contribution is 0.255. The Balaban J connectivity index is 3.04. The molecule has 18 heavy (non-hydrogen) atoms. The van der Waals surface area contributed by atoms with Gasteiger partial charge in [0.05, 0.1) is 13.2 Å². The van der Waals surface area contributed by atoms with E-state index in [4.69, 9.17) is 9.47 Å². The SMILES string of the molecule is CCCOc1c(O)ccc(CCC)c1OCCC. The second-order valence-corrected chi connectivity index (χ2v) is 4.35. The summed E-state index contributed by atoms with van der Waals surface area (Å²) in [5.41, 5.74) is 1.11. The third kappa shape index (κ3) is 3.83. The molecule has 0 aliphatic rings. The van der Waals surface area contributed by atoms with E-state index in [9.17, 15) is 5.11 Å². The van der Waals surface area contributed by atoms with Gasteiger partial charge in [-0.2, -0.15) is 0 Å². The van der Waals surface area contributed by atoms with Crippen LogP contribution in [0.4, 0.5) is 0 Å². The summed E-state index contributed by atoms with van der Waals surface area (Å²) in [6, 6.07) is 3.61. The zero-order valence-corrected chi connectivity index (χ0v) is 11.7. The van der Waals surface area contributed by atoms with Crippen molar-refractivity contribution >= 4 is 0 Å². The Morgan fingerprint density at radius 2 is 1.50 bits per heavy atom. The van der Waals surface area contributed by atoms with Crippen LogP contribution < -0.4 is 9.47 Å². The standard InChI is InChI=1S/C15H24O3/c1-4-7-12-8-9-13(16)15(18-11-6-3)14(12)17-10-5-2/h8-9,16H,4-7,10-11H2,1-3H3. The topological polar surface area (TPSA) is 38.7 Å². The van der Waals surface area contributed by atoms with Gasteiger partial charge in [0.15, 0.2) is 11.5 Å². The number of benzene rings is 1. The molecule has 0 bridgehead atoms.